The Labute approximate surface area is 172 Å². The number of aromatic amines is 1. The Morgan fingerprint density at radius 1 is 1.00 bits per heavy atom. The van der Waals surface area contributed by atoms with Crippen LogP contribution in [0.25, 0.3) is 33.5 Å². The van der Waals surface area contributed by atoms with Crippen LogP contribution in [0.5, 0.6) is 17.2 Å². The van der Waals surface area contributed by atoms with Crippen LogP contribution in [0.1, 0.15) is 10.4 Å². The van der Waals surface area contributed by atoms with Crippen molar-refractivity contribution in [1.82, 2.24) is 15.2 Å². The summed E-state index contributed by atoms with van der Waals surface area (Å²) in [6.07, 6.45) is 0. The molecule has 2 N–H and O–H groups in total. The van der Waals surface area contributed by atoms with Crippen molar-refractivity contribution in [3.8, 4) is 39.8 Å². The molecular formula is C22H19N3O5. The number of methoxy groups -OCH3 is 3. The zero-order valence-electron chi connectivity index (χ0n) is 16.6. The van der Waals surface area contributed by atoms with Crippen molar-refractivity contribution in [1.29, 1.82) is 0 Å². The molecule has 0 saturated carbocycles. The predicted octanol–water partition coefficient (Wildman–Crippen LogP) is 4.02. The van der Waals surface area contributed by atoms with Crippen LogP contribution in [0.4, 0.5) is 0 Å². The Kier molecular flexibility index (Phi) is 4.97. The van der Waals surface area contributed by atoms with E-state index in [-0.39, 0.29) is 11.2 Å². The monoisotopic (exact) mass is 405 g/mol. The van der Waals surface area contributed by atoms with Crippen molar-refractivity contribution in [2.24, 2.45) is 0 Å². The first-order valence-corrected chi connectivity index (χ1v) is 9.05. The average molecular weight is 405 g/mol. The third-order valence-electron chi connectivity index (χ3n) is 4.79. The number of H-pyrrole nitrogens is 1. The third-order valence-corrected chi connectivity index (χ3v) is 4.79. The van der Waals surface area contributed by atoms with Crippen LogP contribution >= 0.6 is 0 Å². The van der Waals surface area contributed by atoms with Gasteiger partial charge in [-0.25, -0.2) is 9.78 Å². The Hall–Kier alpha value is -4.07. The Balaban J connectivity index is 1.96. The lowest BCUT2D eigenvalue weighted by Crippen LogP contribution is -2.01. The molecule has 152 valence electrons. The summed E-state index contributed by atoms with van der Waals surface area (Å²) in [5.41, 5.74) is 2.68. The van der Waals surface area contributed by atoms with Crippen LogP contribution in [0.15, 0.2) is 48.5 Å². The number of nitrogens with zero attached hydrogens (tertiary/aromatic N) is 2. The minimum absolute atomic E-state index is 0.0754. The van der Waals surface area contributed by atoms with Crippen molar-refractivity contribution in [3.05, 3.63) is 54.1 Å². The lowest BCUT2D eigenvalue weighted by Gasteiger charge is -2.13. The second-order valence-corrected chi connectivity index (χ2v) is 6.43. The van der Waals surface area contributed by atoms with Gasteiger partial charge in [0.2, 0.25) is 0 Å². The van der Waals surface area contributed by atoms with E-state index in [0.717, 1.165) is 5.56 Å². The summed E-state index contributed by atoms with van der Waals surface area (Å²) in [4.78, 5) is 16.7. The number of fused-ring (bicyclic) bond motifs is 1. The number of hydrogen-bond acceptors (Lipinski definition) is 6. The van der Waals surface area contributed by atoms with E-state index in [4.69, 9.17) is 14.2 Å². The van der Waals surface area contributed by atoms with E-state index in [1.165, 1.54) is 20.3 Å². The largest absolute Gasteiger partial charge is 0.497 e. The predicted molar refractivity (Wildman–Crippen MR) is 111 cm³/mol. The highest BCUT2D eigenvalue weighted by Crippen LogP contribution is 2.39. The second kappa shape index (κ2) is 7.75. The molecule has 0 spiro atoms. The molecule has 4 aromatic rings. The Morgan fingerprint density at radius 2 is 1.80 bits per heavy atom. The first kappa shape index (κ1) is 19.3. The van der Waals surface area contributed by atoms with Gasteiger partial charge < -0.3 is 19.3 Å². The van der Waals surface area contributed by atoms with Crippen LogP contribution in [0.2, 0.25) is 0 Å². The van der Waals surface area contributed by atoms with Gasteiger partial charge in [0.25, 0.3) is 0 Å². The van der Waals surface area contributed by atoms with E-state index in [2.05, 4.69) is 15.2 Å². The molecular weight excluding hydrogens is 386 g/mol. The number of benzene rings is 2. The van der Waals surface area contributed by atoms with Gasteiger partial charge in [0.1, 0.15) is 5.75 Å². The van der Waals surface area contributed by atoms with Crippen molar-refractivity contribution >= 4 is 17.0 Å². The Bertz CT molecular complexity index is 1250. The smallest absolute Gasteiger partial charge is 0.336 e. The summed E-state index contributed by atoms with van der Waals surface area (Å²) in [6, 6.07) is 14.1. The van der Waals surface area contributed by atoms with E-state index in [1.54, 1.807) is 31.4 Å². The van der Waals surface area contributed by atoms with Crippen molar-refractivity contribution in [2.45, 2.75) is 0 Å². The zero-order valence-corrected chi connectivity index (χ0v) is 16.6. The number of pyridine rings is 1. The highest BCUT2D eigenvalue weighted by atomic mass is 16.5. The summed E-state index contributed by atoms with van der Waals surface area (Å²) in [5.74, 6) is 0.550. The standard InChI is InChI=1S/C22H19N3O5/c1-28-13-7-4-6-12(10-13)19-18-15(22(26)27)11-16(23-21(18)25-24-19)14-8-5-9-17(29-2)20(14)30-3/h4-11H,1-3H3,(H,26,27)(H,23,24,25). The number of ether oxygens (including phenoxy) is 3. The molecule has 0 bridgehead atoms. The number of carbonyl (C=O) groups is 1. The number of aromatic nitrogens is 3. The molecule has 0 amide bonds. The van der Waals surface area contributed by atoms with Crippen LogP contribution in [0, 0.1) is 0 Å². The number of rotatable bonds is 6. The van der Waals surface area contributed by atoms with Crippen LogP contribution in [-0.2, 0) is 0 Å². The average Bonchev–Trinajstić information content (AvgIpc) is 3.21. The van der Waals surface area contributed by atoms with Gasteiger partial charge in [0.05, 0.1) is 43.7 Å². The lowest BCUT2D eigenvalue weighted by molar-refractivity contribution is 0.0699. The number of hydrogen-bond donors (Lipinski definition) is 2. The summed E-state index contributed by atoms with van der Waals surface area (Å²) < 4.78 is 16.1. The van der Waals surface area contributed by atoms with Gasteiger partial charge in [-0.3, -0.25) is 5.10 Å². The first-order valence-electron chi connectivity index (χ1n) is 9.05. The fraction of sp³-hybridized carbons (Fsp3) is 0.136. The first-order chi connectivity index (χ1) is 14.6. The second-order valence-electron chi connectivity index (χ2n) is 6.43. The van der Waals surface area contributed by atoms with Gasteiger partial charge in [-0.05, 0) is 30.3 Å². The van der Waals surface area contributed by atoms with E-state index < -0.39 is 5.97 Å². The minimum atomic E-state index is -1.09. The molecule has 8 heteroatoms. The van der Waals surface area contributed by atoms with Gasteiger partial charge >= 0.3 is 5.97 Å². The summed E-state index contributed by atoms with van der Waals surface area (Å²) in [5, 5.41) is 17.5. The number of carboxylic acids is 1. The van der Waals surface area contributed by atoms with Crippen LogP contribution < -0.4 is 14.2 Å². The Morgan fingerprint density at radius 3 is 2.50 bits per heavy atom. The normalized spacial score (nSPS) is 10.8. The molecule has 2 heterocycles. The molecule has 2 aromatic heterocycles. The molecule has 2 aromatic carbocycles. The fourth-order valence-electron chi connectivity index (χ4n) is 3.41. The maximum atomic E-state index is 12.1. The molecule has 0 aliphatic carbocycles. The number of carboxylic acid groups (broad SMARTS) is 1. The quantitative estimate of drug-likeness (QED) is 0.499. The number of aromatic carboxylic acids is 1. The lowest BCUT2D eigenvalue weighted by atomic mass is 10.0. The maximum absolute atomic E-state index is 12.1. The number of nitrogens with one attached hydrogen (secondary N) is 1. The maximum Gasteiger partial charge on any atom is 0.336 e. The van der Waals surface area contributed by atoms with Gasteiger partial charge in [-0.1, -0.05) is 18.2 Å². The molecule has 30 heavy (non-hydrogen) atoms. The van der Waals surface area contributed by atoms with E-state index >= 15 is 0 Å². The molecule has 0 radical (unpaired) electrons. The fourth-order valence-corrected chi connectivity index (χ4v) is 3.41. The minimum Gasteiger partial charge on any atom is -0.497 e. The highest BCUT2D eigenvalue weighted by Gasteiger charge is 2.22. The van der Waals surface area contributed by atoms with Gasteiger partial charge in [-0.15, -0.1) is 0 Å². The van der Waals surface area contributed by atoms with E-state index in [0.29, 0.717) is 39.6 Å². The van der Waals surface area contributed by atoms with E-state index in [1.807, 2.05) is 18.2 Å². The zero-order chi connectivity index (χ0) is 21.3. The number of para-hydroxylation sites is 1. The topological polar surface area (TPSA) is 107 Å². The highest BCUT2D eigenvalue weighted by molar-refractivity contribution is 6.08. The van der Waals surface area contributed by atoms with Crippen molar-refractivity contribution in [3.63, 3.8) is 0 Å². The molecule has 0 atom stereocenters. The third kappa shape index (κ3) is 3.18. The van der Waals surface area contributed by atoms with Gasteiger partial charge in [0.15, 0.2) is 17.1 Å². The summed E-state index contributed by atoms with van der Waals surface area (Å²) in [7, 11) is 4.63. The molecule has 8 nitrogen and oxygen atoms in total. The SMILES string of the molecule is COc1cccc(-c2[nH]nc3nc(-c4cccc(OC)c4OC)cc(C(=O)O)c23)c1. The summed E-state index contributed by atoms with van der Waals surface area (Å²) in [6.45, 7) is 0. The molecule has 0 fully saturated rings. The molecule has 0 aliphatic heterocycles. The van der Waals surface area contributed by atoms with Crippen LogP contribution in [-0.4, -0.2) is 47.6 Å². The van der Waals surface area contributed by atoms with Crippen molar-refractivity contribution in [2.75, 3.05) is 21.3 Å². The molecule has 0 saturated heterocycles. The van der Waals surface area contributed by atoms with Gasteiger partial charge in [0, 0.05) is 11.1 Å². The molecule has 4 rings (SSSR count). The van der Waals surface area contributed by atoms with Gasteiger partial charge in [-0.2, -0.15) is 5.10 Å². The van der Waals surface area contributed by atoms with Crippen molar-refractivity contribution < 1.29 is 24.1 Å². The van der Waals surface area contributed by atoms with Crippen LogP contribution in [0.3, 0.4) is 0 Å². The molecule has 0 unspecified atom stereocenters. The molecule has 0 aliphatic rings. The summed E-state index contributed by atoms with van der Waals surface area (Å²) >= 11 is 0. The van der Waals surface area contributed by atoms with E-state index in [9.17, 15) is 9.90 Å².